The third kappa shape index (κ3) is 4.87. The molecule has 1 atom stereocenters. The summed E-state index contributed by atoms with van der Waals surface area (Å²) in [5, 5.41) is 11.3. The monoisotopic (exact) mass is 405 g/mol. The Kier molecular flexibility index (Phi) is 6.29. The van der Waals surface area contributed by atoms with Crippen molar-refractivity contribution >= 4 is 21.6 Å². The number of benzene rings is 1. The van der Waals surface area contributed by atoms with E-state index in [1.54, 1.807) is 0 Å². The van der Waals surface area contributed by atoms with Crippen LogP contribution in [0, 0.1) is 5.82 Å². The van der Waals surface area contributed by atoms with Gasteiger partial charge in [0.05, 0.1) is 12.2 Å². The fraction of sp³-hybridized carbons (Fsp3) is 0.312. The molecule has 0 radical (unpaired) electrons. The lowest BCUT2D eigenvalue weighted by Crippen LogP contribution is -2.34. The molecule has 0 aliphatic heterocycles. The van der Waals surface area contributed by atoms with Crippen LogP contribution in [0.25, 0.3) is 0 Å². The van der Waals surface area contributed by atoms with Gasteiger partial charge < -0.3 is 15.0 Å². The highest BCUT2D eigenvalue weighted by Gasteiger charge is 2.22. The summed E-state index contributed by atoms with van der Waals surface area (Å²) in [5.74, 6) is -1.86. The largest absolute Gasteiger partial charge is 0.395 e. The molecule has 0 aliphatic carbocycles. The first-order valence-electron chi connectivity index (χ1n) is 7.73. The quantitative estimate of drug-likeness (QED) is 0.656. The van der Waals surface area contributed by atoms with E-state index in [4.69, 9.17) is 5.11 Å². The molecule has 11 heteroatoms. The minimum absolute atomic E-state index is 0.0602. The second kappa shape index (κ2) is 8.11. The number of hydrogen-bond acceptors (Lipinski definition) is 4. The molecule has 148 valence electrons. The predicted octanol–water partition coefficient (Wildman–Crippen LogP) is 2.01. The number of hydrogen-bond donors (Lipinski definition) is 3. The Balaban J connectivity index is 2.26. The SMILES string of the molecule is C[C@H](CO)NS(=O)(=O)c1cc(C(=O)Nc2ccc(F)c(C(F)F)c2)n(C)c1. The number of sulfonamides is 1. The maximum absolute atomic E-state index is 13.3. The van der Waals surface area contributed by atoms with Crippen LogP contribution in [0.2, 0.25) is 0 Å². The highest BCUT2D eigenvalue weighted by molar-refractivity contribution is 7.89. The highest BCUT2D eigenvalue weighted by atomic mass is 32.2. The van der Waals surface area contributed by atoms with Crippen molar-refractivity contribution in [2.75, 3.05) is 11.9 Å². The summed E-state index contributed by atoms with van der Waals surface area (Å²) in [6, 6.07) is 3.10. The minimum Gasteiger partial charge on any atom is -0.395 e. The number of amides is 1. The fourth-order valence-electron chi connectivity index (χ4n) is 2.26. The number of alkyl halides is 2. The van der Waals surface area contributed by atoms with Crippen LogP contribution >= 0.6 is 0 Å². The predicted molar refractivity (Wildman–Crippen MR) is 91.6 cm³/mol. The van der Waals surface area contributed by atoms with E-state index in [0.29, 0.717) is 0 Å². The zero-order valence-electron chi connectivity index (χ0n) is 14.4. The van der Waals surface area contributed by atoms with Crippen molar-refractivity contribution in [3.05, 3.63) is 47.5 Å². The molecule has 1 aromatic heterocycles. The summed E-state index contributed by atoms with van der Waals surface area (Å²) < 4.78 is 66.7. The van der Waals surface area contributed by atoms with Gasteiger partial charge in [-0.25, -0.2) is 26.3 Å². The van der Waals surface area contributed by atoms with Crippen LogP contribution in [0.5, 0.6) is 0 Å². The molecular formula is C16H18F3N3O4S. The number of aryl methyl sites for hydroxylation is 1. The lowest BCUT2D eigenvalue weighted by atomic mass is 10.2. The smallest absolute Gasteiger partial charge is 0.272 e. The Morgan fingerprint density at radius 2 is 1.96 bits per heavy atom. The first-order chi connectivity index (χ1) is 12.5. The van der Waals surface area contributed by atoms with E-state index < -0.39 is 46.4 Å². The molecule has 27 heavy (non-hydrogen) atoms. The van der Waals surface area contributed by atoms with E-state index in [9.17, 15) is 26.4 Å². The second-order valence-electron chi connectivity index (χ2n) is 5.87. The van der Waals surface area contributed by atoms with Gasteiger partial charge in [-0.05, 0) is 31.2 Å². The lowest BCUT2D eigenvalue weighted by molar-refractivity contribution is 0.101. The number of aliphatic hydroxyl groups excluding tert-OH is 1. The Morgan fingerprint density at radius 1 is 1.30 bits per heavy atom. The number of aliphatic hydroxyl groups is 1. The molecule has 1 aromatic carbocycles. The van der Waals surface area contributed by atoms with Crippen LogP contribution in [0.1, 0.15) is 29.4 Å². The van der Waals surface area contributed by atoms with Crippen molar-refractivity contribution in [1.29, 1.82) is 0 Å². The number of nitrogens with one attached hydrogen (secondary N) is 2. The Bertz CT molecular complexity index is 944. The van der Waals surface area contributed by atoms with Gasteiger partial charge in [0.25, 0.3) is 12.3 Å². The zero-order chi connectivity index (χ0) is 20.4. The molecule has 0 saturated heterocycles. The molecule has 3 N–H and O–H groups in total. The van der Waals surface area contributed by atoms with E-state index >= 15 is 0 Å². The summed E-state index contributed by atoms with van der Waals surface area (Å²) in [5.41, 5.74) is -0.977. The van der Waals surface area contributed by atoms with Gasteiger partial charge in [-0.2, -0.15) is 0 Å². The van der Waals surface area contributed by atoms with Gasteiger partial charge in [-0.3, -0.25) is 4.79 Å². The van der Waals surface area contributed by atoms with E-state index in [1.165, 1.54) is 24.7 Å². The molecular weight excluding hydrogens is 387 g/mol. The number of carbonyl (C=O) groups is 1. The normalized spacial score (nSPS) is 13.0. The third-order valence-electron chi connectivity index (χ3n) is 3.64. The maximum Gasteiger partial charge on any atom is 0.272 e. The van der Waals surface area contributed by atoms with Crippen LogP contribution in [-0.4, -0.2) is 36.6 Å². The van der Waals surface area contributed by atoms with E-state index in [1.807, 2.05) is 0 Å². The highest BCUT2D eigenvalue weighted by Crippen LogP contribution is 2.25. The number of rotatable bonds is 7. The van der Waals surface area contributed by atoms with Crippen molar-refractivity contribution in [1.82, 2.24) is 9.29 Å². The summed E-state index contributed by atoms with van der Waals surface area (Å²) in [4.78, 5) is 12.1. The Hall–Kier alpha value is -2.37. The number of carbonyl (C=O) groups excluding carboxylic acids is 1. The van der Waals surface area contributed by atoms with Gasteiger partial charge >= 0.3 is 0 Å². The summed E-state index contributed by atoms with van der Waals surface area (Å²) in [6.07, 6.45) is -1.86. The van der Waals surface area contributed by atoms with Gasteiger partial charge in [-0.1, -0.05) is 0 Å². The van der Waals surface area contributed by atoms with Crippen LogP contribution in [-0.2, 0) is 17.1 Å². The van der Waals surface area contributed by atoms with Crippen molar-refractivity contribution in [2.45, 2.75) is 24.3 Å². The van der Waals surface area contributed by atoms with Crippen LogP contribution in [0.3, 0.4) is 0 Å². The van der Waals surface area contributed by atoms with Gasteiger partial charge in [0.1, 0.15) is 16.4 Å². The molecule has 1 heterocycles. The molecule has 1 amide bonds. The number of nitrogens with zero attached hydrogens (tertiary/aromatic N) is 1. The zero-order valence-corrected chi connectivity index (χ0v) is 15.2. The Morgan fingerprint density at radius 3 is 2.56 bits per heavy atom. The van der Waals surface area contributed by atoms with Gasteiger partial charge in [0, 0.05) is 25.0 Å². The molecule has 0 bridgehead atoms. The van der Waals surface area contributed by atoms with Gasteiger partial charge in [-0.15, -0.1) is 0 Å². The first kappa shape index (κ1) is 20.9. The van der Waals surface area contributed by atoms with E-state index in [-0.39, 0.29) is 16.3 Å². The average Bonchev–Trinajstić information content (AvgIpc) is 2.98. The minimum atomic E-state index is -3.96. The van der Waals surface area contributed by atoms with Crippen molar-refractivity contribution in [2.24, 2.45) is 7.05 Å². The van der Waals surface area contributed by atoms with E-state index in [0.717, 1.165) is 24.3 Å². The van der Waals surface area contributed by atoms with Crippen LogP contribution in [0.4, 0.5) is 18.9 Å². The van der Waals surface area contributed by atoms with Crippen LogP contribution < -0.4 is 10.0 Å². The number of anilines is 1. The standard InChI is InChI=1S/C16H18F3N3O4S/c1-9(8-23)21-27(25,26)11-6-14(22(2)7-11)16(24)20-10-3-4-13(17)12(5-10)15(18)19/h3-7,9,15,21,23H,8H2,1-2H3,(H,20,24)/t9-/m1/s1. The molecule has 0 saturated carbocycles. The van der Waals surface area contributed by atoms with Gasteiger partial charge in [0.2, 0.25) is 10.0 Å². The molecule has 0 fully saturated rings. The molecule has 0 unspecified atom stereocenters. The van der Waals surface area contributed by atoms with Crippen molar-refractivity contribution in [3.63, 3.8) is 0 Å². The topological polar surface area (TPSA) is 100 Å². The maximum atomic E-state index is 13.3. The molecule has 0 spiro atoms. The summed E-state index contributed by atoms with van der Waals surface area (Å²) >= 11 is 0. The number of aromatic nitrogens is 1. The lowest BCUT2D eigenvalue weighted by Gasteiger charge is -2.09. The Labute approximate surface area is 153 Å². The first-order valence-corrected chi connectivity index (χ1v) is 9.22. The fourth-order valence-corrected chi connectivity index (χ4v) is 3.56. The molecule has 2 aromatic rings. The average molecular weight is 405 g/mol. The number of halogens is 3. The summed E-state index contributed by atoms with van der Waals surface area (Å²) in [7, 11) is -2.53. The second-order valence-corrected chi connectivity index (χ2v) is 7.58. The summed E-state index contributed by atoms with van der Waals surface area (Å²) in [6.45, 7) is 1.06. The van der Waals surface area contributed by atoms with Crippen molar-refractivity contribution < 1.29 is 31.5 Å². The van der Waals surface area contributed by atoms with Crippen molar-refractivity contribution in [3.8, 4) is 0 Å². The van der Waals surface area contributed by atoms with Gasteiger partial charge in [0.15, 0.2) is 0 Å². The molecule has 0 aliphatic rings. The molecule has 2 rings (SSSR count). The van der Waals surface area contributed by atoms with Crippen LogP contribution in [0.15, 0.2) is 35.4 Å². The molecule has 7 nitrogen and oxygen atoms in total. The van der Waals surface area contributed by atoms with E-state index in [2.05, 4.69) is 10.0 Å². The third-order valence-corrected chi connectivity index (χ3v) is 5.20.